The Morgan fingerprint density at radius 1 is 1.07 bits per heavy atom. The smallest absolute Gasteiger partial charge is 0.264 e. The molecular formula is C22H24N2O3. The zero-order valence-electron chi connectivity index (χ0n) is 15.7. The Morgan fingerprint density at radius 3 is 2.41 bits per heavy atom. The van der Waals surface area contributed by atoms with E-state index in [1.807, 2.05) is 69.3 Å². The van der Waals surface area contributed by atoms with Crippen molar-refractivity contribution in [3.63, 3.8) is 0 Å². The van der Waals surface area contributed by atoms with Crippen molar-refractivity contribution in [3.05, 3.63) is 65.4 Å². The molecule has 0 radical (unpaired) electrons. The predicted octanol–water partition coefficient (Wildman–Crippen LogP) is 4.85. The minimum Gasteiger partial charge on any atom is -0.505 e. The summed E-state index contributed by atoms with van der Waals surface area (Å²) in [5.41, 5.74) is 4.00. The van der Waals surface area contributed by atoms with Crippen LogP contribution in [0.25, 0.3) is 11.1 Å². The van der Waals surface area contributed by atoms with Gasteiger partial charge in [0.2, 0.25) is 5.88 Å². The maximum atomic E-state index is 12.6. The summed E-state index contributed by atoms with van der Waals surface area (Å²) in [4.78, 5) is 15.3. The van der Waals surface area contributed by atoms with Crippen LogP contribution in [-0.4, -0.2) is 21.1 Å². The molecule has 0 aliphatic rings. The van der Waals surface area contributed by atoms with Crippen LogP contribution in [0, 0.1) is 12.8 Å². The van der Waals surface area contributed by atoms with E-state index in [0.717, 1.165) is 16.7 Å². The molecule has 0 unspecified atom stereocenters. The number of nitrogens with one attached hydrogen (secondary N) is 2. The van der Waals surface area contributed by atoms with E-state index in [1.165, 1.54) is 0 Å². The van der Waals surface area contributed by atoms with Crippen LogP contribution in [0.4, 0.5) is 5.69 Å². The lowest BCUT2D eigenvalue weighted by atomic mass is 10.0. The van der Waals surface area contributed by atoms with E-state index < -0.39 is 5.91 Å². The SMILES string of the molecule is Cc1cc(-c2ccccc2)ccc1NC(=O)c1c(O)[nH]c(CC(C)C)c1O. The molecular weight excluding hydrogens is 340 g/mol. The Labute approximate surface area is 158 Å². The second-order valence-corrected chi connectivity index (χ2v) is 7.12. The second-order valence-electron chi connectivity index (χ2n) is 7.12. The lowest BCUT2D eigenvalue weighted by Gasteiger charge is -2.11. The van der Waals surface area contributed by atoms with E-state index in [0.29, 0.717) is 17.8 Å². The van der Waals surface area contributed by atoms with Crippen molar-refractivity contribution in [2.75, 3.05) is 5.32 Å². The van der Waals surface area contributed by atoms with Crippen molar-refractivity contribution >= 4 is 11.6 Å². The number of aromatic hydroxyl groups is 2. The van der Waals surface area contributed by atoms with Crippen LogP contribution in [0.1, 0.15) is 35.5 Å². The Hall–Kier alpha value is -3.21. The van der Waals surface area contributed by atoms with Gasteiger partial charge < -0.3 is 20.5 Å². The molecule has 140 valence electrons. The standard InChI is InChI=1S/C22H24N2O3/c1-13(2)11-18-20(25)19(22(27)24-18)21(26)23-17-10-9-16(12-14(17)3)15-7-5-4-6-8-15/h4-10,12-13,24-25,27H,11H2,1-3H3,(H,23,26). The van der Waals surface area contributed by atoms with Gasteiger partial charge in [0.15, 0.2) is 5.75 Å². The third-order valence-electron chi connectivity index (χ3n) is 4.45. The van der Waals surface area contributed by atoms with Crippen LogP contribution >= 0.6 is 0 Å². The molecule has 0 atom stereocenters. The molecule has 0 aliphatic carbocycles. The minimum atomic E-state index is -0.549. The van der Waals surface area contributed by atoms with Gasteiger partial charge in [0.1, 0.15) is 5.56 Å². The van der Waals surface area contributed by atoms with Gasteiger partial charge in [0.25, 0.3) is 5.91 Å². The number of aromatic nitrogens is 1. The molecule has 1 heterocycles. The molecule has 5 nitrogen and oxygen atoms in total. The zero-order valence-corrected chi connectivity index (χ0v) is 15.7. The van der Waals surface area contributed by atoms with Gasteiger partial charge in [-0.05, 0) is 48.1 Å². The Morgan fingerprint density at radius 2 is 1.78 bits per heavy atom. The lowest BCUT2D eigenvalue weighted by molar-refractivity contribution is 0.102. The first-order valence-electron chi connectivity index (χ1n) is 8.97. The molecule has 4 N–H and O–H groups in total. The van der Waals surface area contributed by atoms with Gasteiger partial charge in [-0.2, -0.15) is 0 Å². The van der Waals surface area contributed by atoms with Crippen molar-refractivity contribution in [2.45, 2.75) is 27.2 Å². The number of amides is 1. The monoisotopic (exact) mass is 364 g/mol. The van der Waals surface area contributed by atoms with E-state index in [4.69, 9.17) is 0 Å². The summed E-state index contributed by atoms with van der Waals surface area (Å²) in [5.74, 6) is -0.791. The summed E-state index contributed by atoms with van der Waals surface area (Å²) in [6, 6.07) is 15.7. The van der Waals surface area contributed by atoms with Crippen molar-refractivity contribution in [2.24, 2.45) is 5.92 Å². The molecule has 27 heavy (non-hydrogen) atoms. The number of rotatable bonds is 5. The Bertz CT molecular complexity index is 959. The Balaban J connectivity index is 1.84. The number of hydrogen-bond donors (Lipinski definition) is 4. The summed E-state index contributed by atoms with van der Waals surface area (Å²) in [6.45, 7) is 5.90. The third-order valence-corrected chi connectivity index (χ3v) is 4.45. The predicted molar refractivity (Wildman–Crippen MR) is 107 cm³/mol. The average Bonchev–Trinajstić information content (AvgIpc) is 2.90. The maximum Gasteiger partial charge on any atom is 0.264 e. The number of carbonyl (C=O) groups excluding carboxylic acids is 1. The van der Waals surface area contributed by atoms with Crippen molar-refractivity contribution in [1.82, 2.24) is 4.98 Å². The highest BCUT2D eigenvalue weighted by molar-refractivity contribution is 6.08. The van der Waals surface area contributed by atoms with Gasteiger partial charge in [-0.25, -0.2) is 0 Å². The molecule has 3 rings (SSSR count). The molecule has 0 saturated heterocycles. The molecule has 0 saturated carbocycles. The van der Waals surface area contributed by atoms with Crippen LogP contribution in [0.15, 0.2) is 48.5 Å². The normalized spacial score (nSPS) is 11.0. The van der Waals surface area contributed by atoms with Gasteiger partial charge in [-0.3, -0.25) is 4.79 Å². The van der Waals surface area contributed by atoms with Gasteiger partial charge in [-0.15, -0.1) is 0 Å². The fraction of sp³-hybridized carbons (Fsp3) is 0.227. The van der Waals surface area contributed by atoms with Gasteiger partial charge in [0.05, 0.1) is 5.69 Å². The molecule has 1 amide bonds. The van der Waals surface area contributed by atoms with Crippen molar-refractivity contribution in [1.29, 1.82) is 0 Å². The van der Waals surface area contributed by atoms with Crippen LogP contribution in [0.5, 0.6) is 11.6 Å². The average molecular weight is 364 g/mol. The molecule has 0 aliphatic heterocycles. The second kappa shape index (κ2) is 7.58. The number of H-pyrrole nitrogens is 1. The minimum absolute atomic E-state index is 0.128. The van der Waals surface area contributed by atoms with Crippen LogP contribution in [-0.2, 0) is 6.42 Å². The number of hydrogen-bond acceptors (Lipinski definition) is 3. The quantitative estimate of drug-likeness (QED) is 0.522. The Kier molecular flexibility index (Phi) is 5.21. The topological polar surface area (TPSA) is 85.4 Å². The number of aryl methyl sites for hydroxylation is 1. The summed E-state index contributed by atoms with van der Waals surface area (Å²) >= 11 is 0. The summed E-state index contributed by atoms with van der Waals surface area (Å²) in [7, 11) is 0. The molecule has 5 heteroatoms. The lowest BCUT2D eigenvalue weighted by Crippen LogP contribution is -2.12. The van der Waals surface area contributed by atoms with E-state index >= 15 is 0 Å². The third kappa shape index (κ3) is 3.97. The van der Waals surface area contributed by atoms with Crippen molar-refractivity contribution in [3.8, 4) is 22.8 Å². The molecule has 0 bridgehead atoms. The number of benzene rings is 2. The van der Waals surface area contributed by atoms with E-state index in [-0.39, 0.29) is 23.1 Å². The van der Waals surface area contributed by atoms with Gasteiger partial charge in [-0.1, -0.05) is 50.2 Å². The number of carbonyl (C=O) groups is 1. The van der Waals surface area contributed by atoms with E-state index in [2.05, 4.69) is 10.3 Å². The molecule has 1 aromatic heterocycles. The fourth-order valence-corrected chi connectivity index (χ4v) is 3.10. The largest absolute Gasteiger partial charge is 0.505 e. The first-order valence-corrected chi connectivity index (χ1v) is 8.97. The van der Waals surface area contributed by atoms with Crippen molar-refractivity contribution < 1.29 is 15.0 Å². The number of aromatic amines is 1. The molecule has 2 aromatic carbocycles. The van der Waals surface area contributed by atoms with Crippen LogP contribution in [0.3, 0.4) is 0 Å². The van der Waals surface area contributed by atoms with E-state index in [9.17, 15) is 15.0 Å². The first kappa shape index (κ1) is 18.6. The van der Waals surface area contributed by atoms with Gasteiger partial charge in [0, 0.05) is 5.69 Å². The summed E-state index contributed by atoms with van der Waals surface area (Å²) in [5, 5.41) is 23.2. The summed E-state index contributed by atoms with van der Waals surface area (Å²) in [6.07, 6.45) is 0.539. The van der Waals surface area contributed by atoms with Crippen LogP contribution in [0.2, 0.25) is 0 Å². The highest BCUT2D eigenvalue weighted by atomic mass is 16.3. The molecule has 3 aromatic rings. The highest BCUT2D eigenvalue weighted by Gasteiger charge is 2.23. The summed E-state index contributed by atoms with van der Waals surface area (Å²) < 4.78 is 0. The highest BCUT2D eigenvalue weighted by Crippen LogP contribution is 2.33. The maximum absolute atomic E-state index is 12.6. The zero-order chi connectivity index (χ0) is 19.6. The van der Waals surface area contributed by atoms with Gasteiger partial charge >= 0.3 is 0 Å². The van der Waals surface area contributed by atoms with E-state index in [1.54, 1.807) is 0 Å². The fourth-order valence-electron chi connectivity index (χ4n) is 3.10. The van der Waals surface area contributed by atoms with Crippen LogP contribution < -0.4 is 5.32 Å². The first-order chi connectivity index (χ1) is 12.9. The molecule has 0 spiro atoms. The number of anilines is 1. The molecule has 0 fully saturated rings.